The lowest BCUT2D eigenvalue weighted by Crippen LogP contribution is -2.18. The smallest absolute Gasteiger partial charge is 0.306 e. The number of ether oxygens (including phenoxy) is 1. The summed E-state index contributed by atoms with van der Waals surface area (Å²) in [5, 5.41) is 8.65. The van der Waals surface area contributed by atoms with E-state index in [2.05, 4.69) is 13.8 Å². The molecule has 0 aromatic rings. The zero-order valence-electron chi connectivity index (χ0n) is 16.6. The third-order valence-corrected chi connectivity index (χ3v) is 4.58. The van der Waals surface area contributed by atoms with Crippen molar-refractivity contribution in [3.8, 4) is 0 Å². The topological polar surface area (TPSA) is 63.6 Å². The number of hydrogen-bond donors (Lipinski definition) is 1. The molecule has 0 heterocycles. The maximum Gasteiger partial charge on any atom is 0.306 e. The molecule has 0 aromatic heterocycles. The average molecular weight is 357 g/mol. The number of carboxylic acids is 1. The van der Waals surface area contributed by atoms with Gasteiger partial charge >= 0.3 is 11.9 Å². The van der Waals surface area contributed by atoms with Crippen LogP contribution in [0.15, 0.2) is 0 Å². The highest BCUT2D eigenvalue weighted by atomic mass is 16.5. The van der Waals surface area contributed by atoms with Crippen LogP contribution in [0.4, 0.5) is 0 Å². The zero-order valence-corrected chi connectivity index (χ0v) is 16.6. The Labute approximate surface area is 154 Å². The second kappa shape index (κ2) is 17.8. The van der Waals surface area contributed by atoms with Gasteiger partial charge in [-0.05, 0) is 38.5 Å². The van der Waals surface area contributed by atoms with Crippen molar-refractivity contribution in [1.29, 1.82) is 0 Å². The molecule has 0 aliphatic carbocycles. The molecule has 25 heavy (non-hydrogen) atoms. The van der Waals surface area contributed by atoms with Crippen LogP contribution in [0.2, 0.25) is 0 Å². The van der Waals surface area contributed by atoms with Crippen LogP contribution >= 0.6 is 0 Å². The highest BCUT2D eigenvalue weighted by molar-refractivity contribution is 5.69. The van der Waals surface area contributed by atoms with Gasteiger partial charge in [0.05, 0.1) is 0 Å². The van der Waals surface area contributed by atoms with Crippen LogP contribution in [-0.4, -0.2) is 23.1 Å². The second-order valence-electron chi connectivity index (χ2n) is 7.12. The van der Waals surface area contributed by atoms with Crippen LogP contribution in [0.5, 0.6) is 0 Å². The van der Waals surface area contributed by atoms with Crippen molar-refractivity contribution in [2.75, 3.05) is 0 Å². The Morgan fingerprint density at radius 1 is 0.720 bits per heavy atom. The first-order chi connectivity index (χ1) is 12.1. The highest BCUT2D eigenvalue weighted by Crippen LogP contribution is 2.17. The summed E-state index contributed by atoms with van der Waals surface area (Å²) >= 11 is 0. The Kier molecular flexibility index (Phi) is 17.0. The Balaban J connectivity index is 4.00. The van der Waals surface area contributed by atoms with Gasteiger partial charge in [-0.3, -0.25) is 9.59 Å². The standard InChI is InChI=1S/C21H40O4/c1-3-5-7-8-12-15-19(25-21(24)18-11-6-4-2)16-13-9-10-14-17-20(22)23/h19H,3-18H2,1-2H3,(H,22,23). The van der Waals surface area contributed by atoms with E-state index < -0.39 is 5.97 Å². The second-order valence-corrected chi connectivity index (χ2v) is 7.12. The van der Waals surface area contributed by atoms with Gasteiger partial charge in [0, 0.05) is 12.8 Å². The van der Waals surface area contributed by atoms with Crippen LogP contribution in [0.3, 0.4) is 0 Å². The van der Waals surface area contributed by atoms with Gasteiger partial charge in [0.15, 0.2) is 0 Å². The largest absolute Gasteiger partial charge is 0.481 e. The van der Waals surface area contributed by atoms with Crippen molar-refractivity contribution >= 4 is 11.9 Å². The molecule has 1 unspecified atom stereocenters. The Hall–Kier alpha value is -1.06. The summed E-state index contributed by atoms with van der Waals surface area (Å²) in [6.07, 6.45) is 15.7. The summed E-state index contributed by atoms with van der Waals surface area (Å²) in [6, 6.07) is 0. The van der Waals surface area contributed by atoms with Gasteiger partial charge in [0.2, 0.25) is 0 Å². The number of carboxylic acid groups (broad SMARTS) is 1. The molecule has 0 aliphatic rings. The lowest BCUT2D eigenvalue weighted by atomic mass is 10.0. The first-order valence-electron chi connectivity index (χ1n) is 10.5. The van der Waals surface area contributed by atoms with Gasteiger partial charge in [0.1, 0.15) is 6.10 Å². The fraction of sp³-hybridized carbons (Fsp3) is 0.905. The maximum atomic E-state index is 12.0. The van der Waals surface area contributed by atoms with Gasteiger partial charge in [-0.1, -0.05) is 65.2 Å². The molecule has 0 aromatic carbocycles. The molecule has 0 amide bonds. The average Bonchev–Trinajstić information content (AvgIpc) is 2.57. The monoisotopic (exact) mass is 356 g/mol. The van der Waals surface area contributed by atoms with Crippen molar-refractivity contribution in [2.45, 2.75) is 123 Å². The fourth-order valence-electron chi connectivity index (χ4n) is 3.00. The minimum atomic E-state index is -0.717. The molecule has 0 saturated carbocycles. The van der Waals surface area contributed by atoms with E-state index >= 15 is 0 Å². The summed E-state index contributed by atoms with van der Waals surface area (Å²) in [4.78, 5) is 22.5. The van der Waals surface area contributed by atoms with E-state index in [1.807, 2.05) is 0 Å². The van der Waals surface area contributed by atoms with Gasteiger partial charge in [-0.25, -0.2) is 0 Å². The van der Waals surface area contributed by atoms with Gasteiger partial charge in [0.25, 0.3) is 0 Å². The number of unbranched alkanes of at least 4 members (excludes halogenated alkanes) is 9. The number of carbonyl (C=O) groups excluding carboxylic acids is 1. The molecule has 0 radical (unpaired) electrons. The van der Waals surface area contributed by atoms with Crippen LogP contribution in [0.25, 0.3) is 0 Å². The van der Waals surface area contributed by atoms with Gasteiger partial charge < -0.3 is 9.84 Å². The molecular formula is C21H40O4. The summed E-state index contributed by atoms with van der Waals surface area (Å²) < 4.78 is 5.72. The third-order valence-electron chi connectivity index (χ3n) is 4.58. The predicted octanol–water partition coefficient (Wildman–Crippen LogP) is 6.26. The molecule has 0 rings (SSSR count). The van der Waals surface area contributed by atoms with E-state index in [0.29, 0.717) is 6.42 Å². The Morgan fingerprint density at radius 2 is 1.20 bits per heavy atom. The van der Waals surface area contributed by atoms with Gasteiger partial charge in [-0.15, -0.1) is 0 Å². The van der Waals surface area contributed by atoms with Crippen molar-refractivity contribution in [3.63, 3.8) is 0 Å². The quantitative estimate of drug-likeness (QED) is 0.232. The molecule has 4 heteroatoms. The summed E-state index contributed by atoms with van der Waals surface area (Å²) in [7, 11) is 0. The molecule has 4 nitrogen and oxygen atoms in total. The Morgan fingerprint density at radius 3 is 1.76 bits per heavy atom. The zero-order chi connectivity index (χ0) is 18.8. The van der Waals surface area contributed by atoms with E-state index in [-0.39, 0.29) is 18.5 Å². The summed E-state index contributed by atoms with van der Waals surface area (Å²) in [6.45, 7) is 4.35. The molecule has 0 fully saturated rings. The highest BCUT2D eigenvalue weighted by Gasteiger charge is 2.14. The van der Waals surface area contributed by atoms with E-state index in [9.17, 15) is 9.59 Å². The number of aliphatic carboxylic acids is 1. The maximum absolute atomic E-state index is 12.0. The molecule has 148 valence electrons. The van der Waals surface area contributed by atoms with Gasteiger partial charge in [-0.2, -0.15) is 0 Å². The molecular weight excluding hydrogens is 316 g/mol. The van der Waals surface area contributed by atoms with Crippen molar-refractivity contribution < 1.29 is 19.4 Å². The molecule has 1 atom stereocenters. The number of rotatable bonds is 18. The molecule has 0 bridgehead atoms. The first kappa shape index (κ1) is 23.9. The van der Waals surface area contributed by atoms with Crippen LogP contribution in [-0.2, 0) is 14.3 Å². The molecule has 0 spiro atoms. The third kappa shape index (κ3) is 17.6. The number of hydrogen-bond acceptors (Lipinski definition) is 3. The van der Waals surface area contributed by atoms with E-state index in [1.54, 1.807) is 0 Å². The summed E-state index contributed by atoms with van der Waals surface area (Å²) in [5.74, 6) is -0.760. The van der Waals surface area contributed by atoms with Crippen LogP contribution < -0.4 is 0 Å². The minimum absolute atomic E-state index is 0.0436. The van der Waals surface area contributed by atoms with E-state index in [4.69, 9.17) is 9.84 Å². The molecule has 1 N–H and O–H groups in total. The summed E-state index contributed by atoms with van der Waals surface area (Å²) in [5.41, 5.74) is 0. The fourth-order valence-corrected chi connectivity index (χ4v) is 3.00. The minimum Gasteiger partial charge on any atom is -0.481 e. The molecule has 0 aliphatic heterocycles. The SMILES string of the molecule is CCCCCCCC(CCCCCCC(=O)O)OC(=O)CCCCC. The predicted molar refractivity (Wildman–Crippen MR) is 103 cm³/mol. The number of esters is 1. The van der Waals surface area contributed by atoms with Crippen molar-refractivity contribution in [2.24, 2.45) is 0 Å². The van der Waals surface area contributed by atoms with Crippen LogP contribution in [0.1, 0.15) is 117 Å². The lowest BCUT2D eigenvalue weighted by molar-refractivity contribution is -0.150. The number of carbonyl (C=O) groups is 2. The Bertz CT molecular complexity index is 328. The normalized spacial score (nSPS) is 12.1. The molecule has 0 saturated heterocycles. The van der Waals surface area contributed by atoms with Crippen molar-refractivity contribution in [3.05, 3.63) is 0 Å². The lowest BCUT2D eigenvalue weighted by Gasteiger charge is -2.18. The first-order valence-corrected chi connectivity index (χ1v) is 10.5. The van der Waals surface area contributed by atoms with Crippen LogP contribution in [0, 0.1) is 0 Å². The van der Waals surface area contributed by atoms with Crippen molar-refractivity contribution in [1.82, 2.24) is 0 Å². The van der Waals surface area contributed by atoms with E-state index in [1.165, 1.54) is 25.7 Å². The van der Waals surface area contributed by atoms with E-state index in [0.717, 1.165) is 64.2 Å².